The van der Waals surface area contributed by atoms with Crippen LogP contribution in [0, 0.1) is 0 Å². The molecule has 0 aliphatic carbocycles. The van der Waals surface area contributed by atoms with Crippen molar-refractivity contribution in [3.8, 4) is 22.8 Å². The minimum Gasteiger partial charge on any atom is -0.497 e. The zero-order valence-electron chi connectivity index (χ0n) is 19.0. The van der Waals surface area contributed by atoms with Crippen molar-refractivity contribution in [2.45, 2.75) is 0 Å². The van der Waals surface area contributed by atoms with Gasteiger partial charge in [-0.15, -0.1) is 0 Å². The van der Waals surface area contributed by atoms with Gasteiger partial charge < -0.3 is 14.4 Å². The maximum atomic E-state index is 5.50. The van der Waals surface area contributed by atoms with Gasteiger partial charge >= 0.3 is 0 Å². The topological polar surface area (TPSA) is 65.3 Å². The molecule has 0 aliphatic heterocycles. The van der Waals surface area contributed by atoms with Crippen LogP contribution in [-0.2, 0) is 7.05 Å². The molecule has 0 amide bonds. The van der Waals surface area contributed by atoms with E-state index in [1.165, 1.54) is 0 Å². The summed E-state index contributed by atoms with van der Waals surface area (Å²) in [6, 6.07) is 12.1. The van der Waals surface area contributed by atoms with Crippen molar-refractivity contribution in [3.63, 3.8) is 0 Å². The van der Waals surface area contributed by atoms with Crippen LogP contribution in [0.3, 0.4) is 0 Å². The van der Waals surface area contributed by atoms with Crippen LogP contribution in [0.1, 0.15) is 11.1 Å². The van der Waals surface area contributed by atoms with E-state index in [0.717, 1.165) is 57.0 Å². The standard InChI is InChI=1S/C25H27N5O2/c1-29(2)9-8-22(18-10-20(31-4)13-21(11-18)32-5)17-6-7-23-24(12-17)28-25(15-26-23)19-14-27-30(3)16-19/h6-8,10-16H,9H2,1-5H3/b22-8+. The van der Waals surface area contributed by atoms with E-state index < -0.39 is 0 Å². The number of aromatic nitrogens is 4. The number of likely N-dealkylation sites (N-methyl/N-ethyl adjacent to an activating group) is 1. The molecular weight excluding hydrogens is 402 g/mol. The molecule has 0 fully saturated rings. The fourth-order valence-electron chi connectivity index (χ4n) is 3.51. The normalized spacial score (nSPS) is 11.9. The molecular formula is C25H27N5O2. The number of benzene rings is 2. The summed E-state index contributed by atoms with van der Waals surface area (Å²) in [7, 11) is 9.31. The smallest absolute Gasteiger partial charge is 0.123 e. The number of nitrogens with zero attached hydrogens (tertiary/aromatic N) is 5. The van der Waals surface area contributed by atoms with Gasteiger partial charge in [0.2, 0.25) is 0 Å². The number of methoxy groups -OCH3 is 2. The maximum absolute atomic E-state index is 5.50. The Kier molecular flexibility index (Phi) is 6.18. The maximum Gasteiger partial charge on any atom is 0.123 e. The third-order valence-electron chi connectivity index (χ3n) is 5.18. The van der Waals surface area contributed by atoms with Crippen LogP contribution in [-0.4, -0.2) is 59.5 Å². The first kappa shape index (κ1) is 21.5. The van der Waals surface area contributed by atoms with Gasteiger partial charge in [0, 0.05) is 31.4 Å². The van der Waals surface area contributed by atoms with Crippen molar-refractivity contribution in [2.24, 2.45) is 7.05 Å². The lowest BCUT2D eigenvalue weighted by Gasteiger charge is -2.14. The second-order valence-electron chi connectivity index (χ2n) is 7.84. The molecule has 7 heteroatoms. The van der Waals surface area contributed by atoms with Gasteiger partial charge in [-0.05, 0) is 55.1 Å². The van der Waals surface area contributed by atoms with Crippen molar-refractivity contribution in [3.05, 3.63) is 72.2 Å². The Morgan fingerprint density at radius 1 is 0.969 bits per heavy atom. The van der Waals surface area contributed by atoms with E-state index in [0.29, 0.717) is 0 Å². The number of aryl methyl sites for hydroxylation is 1. The highest BCUT2D eigenvalue weighted by Crippen LogP contribution is 2.32. The molecule has 4 aromatic rings. The van der Waals surface area contributed by atoms with E-state index in [9.17, 15) is 0 Å². The van der Waals surface area contributed by atoms with Crippen LogP contribution in [0.2, 0.25) is 0 Å². The largest absolute Gasteiger partial charge is 0.497 e. The fraction of sp³-hybridized carbons (Fsp3) is 0.240. The first-order chi connectivity index (χ1) is 15.5. The number of fused-ring (bicyclic) bond motifs is 1. The molecule has 164 valence electrons. The molecule has 0 atom stereocenters. The molecule has 0 bridgehead atoms. The van der Waals surface area contributed by atoms with Gasteiger partial charge in [-0.2, -0.15) is 5.10 Å². The lowest BCUT2D eigenvalue weighted by molar-refractivity contribution is 0.394. The van der Waals surface area contributed by atoms with Gasteiger partial charge in [-0.3, -0.25) is 9.67 Å². The number of ether oxygens (including phenoxy) is 2. The van der Waals surface area contributed by atoms with Gasteiger partial charge in [0.1, 0.15) is 11.5 Å². The monoisotopic (exact) mass is 429 g/mol. The lowest BCUT2D eigenvalue weighted by atomic mass is 9.96. The zero-order chi connectivity index (χ0) is 22.7. The molecule has 32 heavy (non-hydrogen) atoms. The highest BCUT2D eigenvalue weighted by molar-refractivity contribution is 5.87. The molecule has 2 aromatic carbocycles. The first-order valence-electron chi connectivity index (χ1n) is 10.3. The quantitative estimate of drug-likeness (QED) is 0.442. The first-order valence-corrected chi connectivity index (χ1v) is 10.3. The summed E-state index contributed by atoms with van der Waals surface area (Å²) in [6.45, 7) is 0.786. The molecule has 7 nitrogen and oxygen atoms in total. The third kappa shape index (κ3) is 4.63. The summed E-state index contributed by atoms with van der Waals surface area (Å²) >= 11 is 0. The van der Waals surface area contributed by atoms with Crippen LogP contribution < -0.4 is 9.47 Å². The Hall–Kier alpha value is -3.71. The van der Waals surface area contributed by atoms with Crippen molar-refractivity contribution < 1.29 is 9.47 Å². The Labute approximate surface area is 187 Å². The number of hydrogen-bond acceptors (Lipinski definition) is 6. The molecule has 0 unspecified atom stereocenters. The van der Waals surface area contributed by atoms with Crippen LogP contribution >= 0.6 is 0 Å². The predicted molar refractivity (Wildman–Crippen MR) is 127 cm³/mol. The van der Waals surface area contributed by atoms with Crippen LogP contribution in [0.4, 0.5) is 0 Å². The minimum absolute atomic E-state index is 0.745. The number of hydrogen-bond donors (Lipinski definition) is 0. The van der Waals surface area contributed by atoms with E-state index >= 15 is 0 Å². The molecule has 0 aliphatic rings. The summed E-state index contributed by atoms with van der Waals surface area (Å²) in [5.41, 5.74) is 6.54. The van der Waals surface area contributed by atoms with Gasteiger partial charge in [-0.1, -0.05) is 12.1 Å². The molecule has 0 radical (unpaired) electrons. The second-order valence-corrected chi connectivity index (χ2v) is 7.84. The van der Waals surface area contributed by atoms with Crippen molar-refractivity contribution in [1.82, 2.24) is 24.6 Å². The predicted octanol–water partition coefficient (Wildman–Crippen LogP) is 4.04. The third-order valence-corrected chi connectivity index (χ3v) is 5.18. The summed E-state index contributed by atoms with van der Waals surface area (Å²) in [5.74, 6) is 1.49. The molecule has 2 heterocycles. The highest BCUT2D eigenvalue weighted by atomic mass is 16.5. The van der Waals surface area contributed by atoms with E-state index in [1.807, 2.05) is 51.6 Å². The Balaban J connectivity index is 1.83. The molecule has 0 spiro atoms. The van der Waals surface area contributed by atoms with Crippen molar-refractivity contribution in [1.29, 1.82) is 0 Å². The molecule has 0 saturated heterocycles. The van der Waals surface area contributed by atoms with Gasteiger partial charge in [0.05, 0.1) is 43.3 Å². The van der Waals surface area contributed by atoms with Crippen LogP contribution in [0.5, 0.6) is 11.5 Å². The molecule has 4 rings (SSSR count). The SMILES string of the molecule is COc1cc(OC)cc(/C(=C/CN(C)C)c2ccc3ncc(-c4cnn(C)c4)nc3c2)c1. The Morgan fingerprint density at radius 3 is 2.34 bits per heavy atom. The summed E-state index contributed by atoms with van der Waals surface area (Å²) < 4.78 is 12.8. The average Bonchev–Trinajstić information content (AvgIpc) is 3.24. The second kappa shape index (κ2) is 9.20. The van der Waals surface area contributed by atoms with Gasteiger partial charge in [0.25, 0.3) is 0 Å². The number of rotatable bonds is 7. The summed E-state index contributed by atoms with van der Waals surface area (Å²) in [4.78, 5) is 11.6. The zero-order valence-corrected chi connectivity index (χ0v) is 19.0. The van der Waals surface area contributed by atoms with Crippen molar-refractivity contribution >= 4 is 16.6 Å². The molecule has 0 N–H and O–H groups in total. The highest BCUT2D eigenvalue weighted by Gasteiger charge is 2.12. The molecule has 0 saturated carbocycles. The van der Waals surface area contributed by atoms with Crippen molar-refractivity contribution in [2.75, 3.05) is 34.9 Å². The van der Waals surface area contributed by atoms with E-state index in [2.05, 4.69) is 33.2 Å². The molecule has 2 aromatic heterocycles. The fourth-order valence-corrected chi connectivity index (χ4v) is 3.51. The van der Waals surface area contributed by atoms with Crippen LogP contribution in [0.15, 0.2) is 61.1 Å². The Morgan fingerprint density at radius 2 is 1.72 bits per heavy atom. The Bertz CT molecular complexity index is 1250. The van der Waals surface area contributed by atoms with E-state index in [1.54, 1.807) is 31.3 Å². The van der Waals surface area contributed by atoms with E-state index in [4.69, 9.17) is 14.5 Å². The van der Waals surface area contributed by atoms with E-state index in [-0.39, 0.29) is 0 Å². The lowest BCUT2D eigenvalue weighted by Crippen LogP contribution is -2.11. The minimum atomic E-state index is 0.745. The summed E-state index contributed by atoms with van der Waals surface area (Å²) in [6.07, 6.45) is 7.72. The average molecular weight is 430 g/mol. The van der Waals surface area contributed by atoms with Gasteiger partial charge in [0.15, 0.2) is 0 Å². The van der Waals surface area contributed by atoms with Gasteiger partial charge in [-0.25, -0.2) is 4.98 Å². The summed E-state index contributed by atoms with van der Waals surface area (Å²) in [5, 5.41) is 4.24. The van der Waals surface area contributed by atoms with Crippen LogP contribution in [0.25, 0.3) is 27.9 Å².